The number of carbonyl (C=O) groups excluding carboxylic acids is 1. The van der Waals surface area contributed by atoms with E-state index in [1.807, 2.05) is 36.4 Å². The van der Waals surface area contributed by atoms with Gasteiger partial charge < -0.3 is 4.74 Å². The Balaban J connectivity index is 1.80. The maximum absolute atomic E-state index is 14.8. The molecule has 1 aliphatic rings. The Bertz CT molecular complexity index is 1030. The van der Waals surface area contributed by atoms with Crippen molar-refractivity contribution in [2.24, 2.45) is 5.92 Å². The van der Waals surface area contributed by atoms with E-state index in [1.165, 1.54) is 12.1 Å². The molecule has 0 aliphatic carbocycles. The second-order valence-corrected chi connectivity index (χ2v) is 8.34. The minimum atomic E-state index is -0.632. The van der Waals surface area contributed by atoms with Crippen molar-refractivity contribution in [1.82, 2.24) is 4.90 Å². The van der Waals surface area contributed by atoms with Crippen molar-refractivity contribution < 1.29 is 18.3 Å². The van der Waals surface area contributed by atoms with E-state index in [-0.39, 0.29) is 12.6 Å². The van der Waals surface area contributed by atoms with Gasteiger partial charge in [-0.25, -0.2) is 8.78 Å². The molecule has 1 heterocycles. The van der Waals surface area contributed by atoms with Crippen LogP contribution in [0.3, 0.4) is 0 Å². The van der Waals surface area contributed by atoms with Gasteiger partial charge in [-0.15, -0.1) is 0 Å². The zero-order valence-electron chi connectivity index (χ0n) is 18.3. The largest absolute Gasteiger partial charge is 0.466 e. The molecule has 3 aromatic carbocycles. The molecule has 1 fully saturated rings. The summed E-state index contributed by atoms with van der Waals surface area (Å²) >= 11 is 0. The number of nitrogens with zero attached hydrogens (tertiary/aromatic N) is 1. The molecule has 1 saturated heterocycles. The number of halogens is 2. The second kappa shape index (κ2) is 9.21. The van der Waals surface area contributed by atoms with Crippen molar-refractivity contribution in [3.05, 3.63) is 107 Å². The lowest BCUT2D eigenvalue weighted by molar-refractivity contribution is -0.148. The first-order valence-corrected chi connectivity index (χ1v) is 10.9. The zero-order valence-corrected chi connectivity index (χ0v) is 18.3. The number of hydrogen-bond acceptors (Lipinski definition) is 3. The summed E-state index contributed by atoms with van der Waals surface area (Å²) in [5.41, 5.74) is 1.96. The highest BCUT2D eigenvalue weighted by molar-refractivity contribution is 5.74. The average molecular weight is 436 g/mol. The van der Waals surface area contributed by atoms with Crippen molar-refractivity contribution in [2.75, 3.05) is 19.7 Å². The SMILES string of the molecule is CCOC(=O)[C@@H]1CN(C(C)(c2ccccc2)c2ccccc2)C[C@H]1c1ccc(F)cc1F. The van der Waals surface area contributed by atoms with Gasteiger partial charge in [0.05, 0.1) is 18.1 Å². The Kier molecular flexibility index (Phi) is 6.38. The fourth-order valence-corrected chi connectivity index (χ4v) is 4.83. The molecule has 0 saturated carbocycles. The molecule has 3 aromatic rings. The molecule has 3 nitrogen and oxygen atoms in total. The Hall–Kier alpha value is -3.05. The van der Waals surface area contributed by atoms with E-state index in [4.69, 9.17) is 4.74 Å². The molecular weight excluding hydrogens is 408 g/mol. The number of likely N-dealkylation sites (tertiary alicyclic amines) is 1. The lowest BCUT2D eigenvalue weighted by Crippen LogP contribution is -2.44. The molecule has 0 N–H and O–H groups in total. The summed E-state index contributed by atoms with van der Waals surface area (Å²) in [7, 11) is 0. The van der Waals surface area contributed by atoms with Crippen LogP contribution < -0.4 is 0 Å². The monoisotopic (exact) mass is 435 g/mol. The van der Waals surface area contributed by atoms with E-state index in [0.29, 0.717) is 18.7 Å². The lowest BCUT2D eigenvalue weighted by atomic mass is 9.83. The summed E-state index contributed by atoms with van der Waals surface area (Å²) in [4.78, 5) is 15.1. The second-order valence-electron chi connectivity index (χ2n) is 8.34. The molecule has 0 bridgehead atoms. The number of benzene rings is 3. The van der Waals surface area contributed by atoms with Gasteiger partial charge in [-0.1, -0.05) is 66.7 Å². The van der Waals surface area contributed by atoms with Crippen LogP contribution in [0.1, 0.15) is 36.5 Å². The first kappa shape index (κ1) is 22.2. The van der Waals surface area contributed by atoms with Crippen molar-refractivity contribution in [2.45, 2.75) is 25.3 Å². The van der Waals surface area contributed by atoms with Gasteiger partial charge in [0.15, 0.2) is 0 Å². The Morgan fingerprint density at radius 3 is 2.09 bits per heavy atom. The average Bonchev–Trinajstić information content (AvgIpc) is 3.25. The molecule has 0 amide bonds. The maximum atomic E-state index is 14.8. The topological polar surface area (TPSA) is 29.5 Å². The van der Waals surface area contributed by atoms with Crippen molar-refractivity contribution in [1.29, 1.82) is 0 Å². The van der Waals surface area contributed by atoms with E-state index >= 15 is 0 Å². The van der Waals surface area contributed by atoms with Crippen LogP contribution in [-0.2, 0) is 15.1 Å². The molecule has 32 heavy (non-hydrogen) atoms. The van der Waals surface area contributed by atoms with Crippen LogP contribution in [0.25, 0.3) is 0 Å². The normalized spacial score (nSPS) is 19.1. The molecule has 2 atom stereocenters. The third-order valence-electron chi connectivity index (χ3n) is 6.58. The van der Waals surface area contributed by atoms with Gasteiger partial charge in [-0.2, -0.15) is 0 Å². The predicted octanol–water partition coefficient (Wildman–Crippen LogP) is 5.51. The Labute approximate surface area is 187 Å². The molecular formula is C27H27F2NO2. The van der Waals surface area contributed by atoms with Crippen molar-refractivity contribution >= 4 is 5.97 Å². The van der Waals surface area contributed by atoms with Gasteiger partial charge >= 0.3 is 5.97 Å². The summed E-state index contributed by atoms with van der Waals surface area (Å²) in [6.07, 6.45) is 0. The van der Waals surface area contributed by atoms with Gasteiger partial charge in [-0.05, 0) is 36.6 Å². The van der Waals surface area contributed by atoms with E-state index in [1.54, 1.807) is 6.92 Å². The molecule has 1 aliphatic heterocycles. The molecule has 5 heteroatoms. The van der Waals surface area contributed by atoms with E-state index in [0.717, 1.165) is 17.2 Å². The number of esters is 1. The van der Waals surface area contributed by atoms with E-state index < -0.39 is 29.0 Å². The predicted molar refractivity (Wildman–Crippen MR) is 120 cm³/mol. The highest BCUT2D eigenvalue weighted by atomic mass is 19.1. The van der Waals surface area contributed by atoms with Crippen LogP contribution in [0.15, 0.2) is 78.9 Å². The Morgan fingerprint density at radius 2 is 1.56 bits per heavy atom. The molecule has 4 rings (SSSR count). The van der Waals surface area contributed by atoms with Crippen LogP contribution >= 0.6 is 0 Å². The maximum Gasteiger partial charge on any atom is 0.310 e. The van der Waals surface area contributed by atoms with Gasteiger partial charge in [0.25, 0.3) is 0 Å². The van der Waals surface area contributed by atoms with Gasteiger partial charge in [0.2, 0.25) is 0 Å². The number of rotatable bonds is 6. The minimum Gasteiger partial charge on any atom is -0.466 e. The van der Waals surface area contributed by atoms with Crippen molar-refractivity contribution in [3.8, 4) is 0 Å². The number of ether oxygens (including phenoxy) is 1. The Morgan fingerprint density at radius 1 is 0.969 bits per heavy atom. The van der Waals surface area contributed by atoms with Gasteiger partial charge in [0.1, 0.15) is 11.6 Å². The van der Waals surface area contributed by atoms with E-state index in [2.05, 4.69) is 36.1 Å². The van der Waals surface area contributed by atoms with Crippen LogP contribution in [0.4, 0.5) is 8.78 Å². The van der Waals surface area contributed by atoms with Gasteiger partial charge in [0, 0.05) is 25.1 Å². The molecule has 166 valence electrons. The fraction of sp³-hybridized carbons (Fsp3) is 0.296. The minimum absolute atomic E-state index is 0.253. The molecule has 0 spiro atoms. The zero-order chi connectivity index (χ0) is 22.7. The van der Waals surface area contributed by atoms with E-state index in [9.17, 15) is 13.6 Å². The van der Waals surface area contributed by atoms with Gasteiger partial charge in [-0.3, -0.25) is 9.69 Å². The quantitative estimate of drug-likeness (QED) is 0.479. The first-order valence-electron chi connectivity index (χ1n) is 10.9. The van der Waals surface area contributed by atoms with Crippen LogP contribution in [0.5, 0.6) is 0 Å². The third kappa shape index (κ3) is 4.05. The molecule has 0 radical (unpaired) electrons. The highest BCUT2D eigenvalue weighted by Gasteiger charge is 2.47. The summed E-state index contributed by atoms with van der Waals surface area (Å²) < 4.78 is 33.7. The highest BCUT2D eigenvalue weighted by Crippen LogP contribution is 2.44. The summed E-state index contributed by atoms with van der Waals surface area (Å²) in [5.74, 6) is -2.62. The van der Waals surface area contributed by atoms with Crippen LogP contribution in [0, 0.1) is 17.6 Å². The summed E-state index contributed by atoms with van der Waals surface area (Å²) in [6, 6.07) is 23.8. The molecule has 0 unspecified atom stereocenters. The number of carbonyl (C=O) groups is 1. The lowest BCUT2D eigenvalue weighted by Gasteiger charge is -2.40. The smallest absolute Gasteiger partial charge is 0.310 e. The standard InChI is InChI=1S/C27H27F2NO2/c1-3-32-26(31)24-18-30(17-23(24)22-15-14-21(28)16-25(22)29)27(2,19-10-6-4-7-11-19)20-12-8-5-9-13-20/h4-16,23-24H,3,17-18H2,1-2H3/t23-,24+/m0/s1. The number of hydrogen-bond donors (Lipinski definition) is 0. The fourth-order valence-electron chi connectivity index (χ4n) is 4.83. The summed E-state index contributed by atoms with van der Waals surface area (Å²) in [5, 5.41) is 0. The van der Waals surface area contributed by atoms with Crippen LogP contribution in [-0.4, -0.2) is 30.6 Å². The third-order valence-corrected chi connectivity index (χ3v) is 6.58. The summed E-state index contributed by atoms with van der Waals surface area (Å²) in [6.45, 7) is 4.98. The van der Waals surface area contributed by atoms with Crippen molar-refractivity contribution in [3.63, 3.8) is 0 Å². The van der Waals surface area contributed by atoms with Crippen LogP contribution in [0.2, 0.25) is 0 Å². The first-order chi connectivity index (χ1) is 15.4. The molecule has 0 aromatic heterocycles.